The number of hydrogen-bond acceptors (Lipinski definition) is 3. The van der Waals surface area contributed by atoms with Crippen LogP contribution >= 0.6 is 0 Å². The highest BCUT2D eigenvalue weighted by Gasteiger charge is 2.23. The second kappa shape index (κ2) is 7.30. The van der Waals surface area contributed by atoms with E-state index in [2.05, 4.69) is 5.32 Å². The van der Waals surface area contributed by atoms with Crippen molar-refractivity contribution in [1.29, 1.82) is 0 Å². The van der Waals surface area contributed by atoms with Crippen molar-refractivity contribution in [3.8, 4) is 5.75 Å². The second-order valence-electron chi connectivity index (χ2n) is 6.20. The zero-order valence-corrected chi connectivity index (χ0v) is 14.5. The molecule has 27 heavy (non-hydrogen) atoms. The zero-order valence-electron chi connectivity index (χ0n) is 14.5. The minimum atomic E-state index is -0.106. The van der Waals surface area contributed by atoms with Crippen LogP contribution in [0.4, 0.5) is 5.69 Å². The lowest BCUT2D eigenvalue weighted by molar-refractivity contribution is -0.110. The lowest BCUT2D eigenvalue weighted by Gasteiger charge is -2.06. The molecule has 0 saturated heterocycles. The van der Waals surface area contributed by atoms with Crippen molar-refractivity contribution >= 4 is 29.0 Å². The van der Waals surface area contributed by atoms with Crippen molar-refractivity contribution in [2.45, 2.75) is 0 Å². The van der Waals surface area contributed by atoms with E-state index in [0.717, 1.165) is 16.8 Å². The SMILES string of the molecule is O=C1Nc2ccccc2C1=Cc1ccc(OCC(=O)c2ccccc2)cc1. The van der Waals surface area contributed by atoms with Crippen LogP contribution in [0.1, 0.15) is 21.5 Å². The first-order valence-electron chi connectivity index (χ1n) is 8.64. The molecular weight excluding hydrogens is 338 g/mol. The Morgan fingerprint density at radius 2 is 1.59 bits per heavy atom. The van der Waals surface area contributed by atoms with E-state index in [1.807, 2.05) is 60.7 Å². The topological polar surface area (TPSA) is 55.4 Å². The fraction of sp³-hybridized carbons (Fsp3) is 0.0435. The summed E-state index contributed by atoms with van der Waals surface area (Å²) in [6, 6.07) is 24.0. The summed E-state index contributed by atoms with van der Waals surface area (Å²) in [7, 11) is 0. The first-order valence-corrected chi connectivity index (χ1v) is 8.64. The lowest BCUT2D eigenvalue weighted by Crippen LogP contribution is -2.11. The highest BCUT2D eigenvalue weighted by molar-refractivity contribution is 6.34. The van der Waals surface area contributed by atoms with E-state index < -0.39 is 0 Å². The maximum atomic E-state index is 12.2. The third-order valence-electron chi connectivity index (χ3n) is 4.37. The summed E-state index contributed by atoms with van der Waals surface area (Å²) >= 11 is 0. The fourth-order valence-electron chi connectivity index (χ4n) is 2.97. The van der Waals surface area contributed by atoms with Crippen LogP contribution in [0.15, 0.2) is 78.9 Å². The van der Waals surface area contributed by atoms with E-state index in [9.17, 15) is 9.59 Å². The number of carbonyl (C=O) groups excluding carboxylic acids is 2. The zero-order chi connectivity index (χ0) is 18.6. The summed E-state index contributed by atoms with van der Waals surface area (Å²) in [5, 5.41) is 2.86. The fourth-order valence-corrected chi connectivity index (χ4v) is 2.97. The van der Waals surface area contributed by atoms with E-state index in [1.54, 1.807) is 24.3 Å². The van der Waals surface area contributed by atoms with Gasteiger partial charge in [0, 0.05) is 22.4 Å². The number of amides is 1. The van der Waals surface area contributed by atoms with E-state index >= 15 is 0 Å². The number of anilines is 1. The molecule has 4 rings (SSSR count). The Morgan fingerprint density at radius 3 is 2.37 bits per heavy atom. The first kappa shape index (κ1) is 16.8. The third-order valence-corrected chi connectivity index (χ3v) is 4.37. The molecule has 3 aromatic carbocycles. The van der Waals surface area contributed by atoms with Gasteiger partial charge in [-0.2, -0.15) is 0 Å². The second-order valence-corrected chi connectivity index (χ2v) is 6.20. The number of fused-ring (bicyclic) bond motifs is 1. The molecule has 0 unspecified atom stereocenters. The van der Waals surface area contributed by atoms with Crippen molar-refractivity contribution in [3.05, 3.63) is 95.6 Å². The molecule has 1 amide bonds. The Morgan fingerprint density at radius 1 is 0.889 bits per heavy atom. The van der Waals surface area contributed by atoms with Gasteiger partial charge in [0.1, 0.15) is 5.75 Å². The van der Waals surface area contributed by atoms with Crippen molar-refractivity contribution in [3.63, 3.8) is 0 Å². The first-order chi connectivity index (χ1) is 13.2. The Balaban J connectivity index is 1.45. The Labute approximate surface area is 157 Å². The van der Waals surface area contributed by atoms with Gasteiger partial charge in [-0.25, -0.2) is 0 Å². The highest BCUT2D eigenvalue weighted by Crippen LogP contribution is 2.32. The number of nitrogens with one attached hydrogen (secondary N) is 1. The number of ether oxygens (including phenoxy) is 1. The Hall–Kier alpha value is -3.66. The van der Waals surface area contributed by atoms with Crippen molar-refractivity contribution < 1.29 is 14.3 Å². The number of ketones is 1. The van der Waals surface area contributed by atoms with Gasteiger partial charge in [0.25, 0.3) is 5.91 Å². The molecule has 0 spiro atoms. The number of rotatable bonds is 5. The van der Waals surface area contributed by atoms with Crippen LogP contribution in [0.5, 0.6) is 5.75 Å². The van der Waals surface area contributed by atoms with Crippen LogP contribution in [-0.4, -0.2) is 18.3 Å². The van der Waals surface area contributed by atoms with Gasteiger partial charge in [0.05, 0.1) is 0 Å². The molecular formula is C23H17NO3. The average Bonchev–Trinajstić information content (AvgIpc) is 3.03. The summed E-state index contributed by atoms with van der Waals surface area (Å²) in [6.07, 6.45) is 1.85. The van der Waals surface area contributed by atoms with Gasteiger partial charge in [-0.15, -0.1) is 0 Å². The highest BCUT2D eigenvalue weighted by atomic mass is 16.5. The van der Waals surface area contributed by atoms with Crippen LogP contribution in [0, 0.1) is 0 Å². The van der Waals surface area contributed by atoms with E-state index in [4.69, 9.17) is 4.74 Å². The van der Waals surface area contributed by atoms with E-state index in [-0.39, 0.29) is 18.3 Å². The number of benzene rings is 3. The molecule has 0 saturated carbocycles. The molecule has 0 fully saturated rings. The predicted octanol–water partition coefficient (Wildman–Crippen LogP) is 4.44. The van der Waals surface area contributed by atoms with Gasteiger partial charge in [-0.1, -0.05) is 60.7 Å². The summed E-state index contributed by atoms with van der Waals surface area (Å²) in [6.45, 7) is -0.0137. The maximum Gasteiger partial charge on any atom is 0.256 e. The van der Waals surface area contributed by atoms with Crippen LogP contribution in [0.2, 0.25) is 0 Å². The molecule has 0 bridgehead atoms. The van der Waals surface area contributed by atoms with Gasteiger partial charge in [0.15, 0.2) is 12.4 Å². The smallest absolute Gasteiger partial charge is 0.256 e. The lowest BCUT2D eigenvalue weighted by atomic mass is 10.0. The van der Waals surface area contributed by atoms with Gasteiger partial charge < -0.3 is 10.1 Å². The summed E-state index contributed by atoms with van der Waals surface area (Å²) in [5.74, 6) is 0.434. The van der Waals surface area contributed by atoms with Crippen LogP contribution in [0.3, 0.4) is 0 Å². The van der Waals surface area contributed by atoms with Crippen LogP contribution < -0.4 is 10.1 Å². The van der Waals surface area contributed by atoms with Gasteiger partial charge >= 0.3 is 0 Å². The van der Waals surface area contributed by atoms with Crippen LogP contribution in [0.25, 0.3) is 11.6 Å². The quantitative estimate of drug-likeness (QED) is 0.544. The third kappa shape index (κ3) is 3.65. The molecule has 0 atom stereocenters. The summed E-state index contributed by atoms with van der Waals surface area (Å²) < 4.78 is 5.58. The Kier molecular flexibility index (Phi) is 4.54. The normalized spacial score (nSPS) is 13.9. The summed E-state index contributed by atoms with van der Waals surface area (Å²) in [4.78, 5) is 24.3. The summed E-state index contributed by atoms with van der Waals surface area (Å²) in [5.41, 5.74) is 3.88. The van der Waals surface area contributed by atoms with Crippen molar-refractivity contribution in [2.75, 3.05) is 11.9 Å². The minimum absolute atomic E-state index is 0.0137. The Bertz CT molecular complexity index is 1020. The molecule has 1 aliphatic heterocycles. The molecule has 1 aliphatic rings. The number of carbonyl (C=O) groups is 2. The van der Waals surface area contributed by atoms with Crippen molar-refractivity contribution in [2.24, 2.45) is 0 Å². The molecule has 4 heteroatoms. The van der Waals surface area contributed by atoms with Crippen molar-refractivity contribution in [1.82, 2.24) is 0 Å². The van der Waals surface area contributed by atoms with Gasteiger partial charge in [0.2, 0.25) is 0 Å². The molecule has 4 nitrogen and oxygen atoms in total. The number of para-hydroxylation sites is 1. The van der Waals surface area contributed by atoms with E-state index in [1.165, 1.54) is 0 Å². The standard InChI is InChI=1S/C23H17NO3/c25-22(17-6-2-1-3-7-17)15-27-18-12-10-16(11-13-18)14-20-19-8-4-5-9-21(19)24-23(20)26/h1-14H,15H2,(H,24,26). The monoisotopic (exact) mass is 355 g/mol. The molecule has 132 valence electrons. The van der Waals surface area contributed by atoms with Crippen LogP contribution in [-0.2, 0) is 4.79 Å². The number of hydrogen-bond donors (Lipinski definition) is 1. The molecule has 3 aromatic rings. The van der Waals surface area contributed by atoms with Gasteiger partial charge in [-0.05, 0) is 29.8 Å². The predicted molar refractivity (Wildman–Crippen MR) is 106 cm³/mol. The minimum Gasteiger partial charge on any atom is -0.485 e. The van der Waals surface area contributed by atoms with Gasteiger partial charge in [-0.3, -0.25) is 9.59 Å². The average molecular weight is 355 g/mol. The molecule has 0 aromatic heterocycles. The molecule has 0 aliphatic carbocycles. The molecule has 1 N–H and O–H groups in total. The maximum absolute atomic E-state index is 12.2. The molecule has 1 heterocycles. The van der Waals surface area contributed by atoms with E-state index in [0.29, 0.717) is 16.9 Å². The molecule has 0 radical (unpaired) electrons. The largest absolute Gasteiger partial charge is 0.485 e. The number of Topliss-reactive ketones (excluding diaryl/α,β-unsaturated/α-hetero) is 1.